The quantitative estimate of drug-likeness (QED) is 0.647. The highest BCUT2D eigenvalue weighted by Crippen LogP contribution is 2.38. The Bertz CT molecular complexity index is 664. The van der Waals surface area contributed by atoms with E-state index in [1.165, 1.54) is 0 Å². The third-order valence-corrected chi connectivity index (χ3v) is 3.25. The van der Waals surface area contributed by atoms with Crippen molar-refractivity contribution in [1.29, 1.82) is 0 Å². The molecule has 0 atom stereocenters. The minimum Gasteiger partial charge on any atom is -0.298 e. The number of pyridine rings is 1. The molecule has 0 unspecified atom stereocenters. The molecule has 0 aliphatic heterocycles. The first-order valence-corrected chi connectivity index (χ1v) is 5.80. The molecule has 1 aromatic carbocycles. The summed E-state index contributed by atoms with van der Waals surface area (Å²) >= 11 is 3.33. The summed E-state index contributed by atoms with van der Waals surface area (Å²) in [7, 11) is 0. The normalized spacial score (nSPS) is 12.2. The molecule has 1 aromatic heterocycles. The van der Waals surface area contributed by atoms with Gasteiger partial charge in [-0.25, -0.2) is 0 Å². The zero-order valence-corrected chi connectivity index (χ0v) is 10.2. The van der Waals surface area contributed by atoms with Crippen LogP contribution < -0.4 is 0 Å². The van der Waals surface area contributed by atoms with Crippen molar-refractivity contribution in [3.05, 3.63) is 51.6 Å². The summed E-state index contributed by atoms with van der Waals surface area (Å²) in [6.07, 6.45) is 2.34. The molecule has 0 bridgehead atoms. The van der Waals surface area contributed by atoms with E-state index in [2.05, 4.69) is 20.9 Å². The molecule has 1 aliphatic carbocycles. The van der Waals surface area contributed by atoms with Crippen molar-refractivity contribution in [2.75, 3.05) is 0 Å². The molecule has 3 nitrogen and oxygen atoms in total. The number of carbonyl (C=O) groups excluding carboxylic acids is 2. The molecule has 1 aliphatic rings. The first-order chi connectivity index (χ1) is 8.22. The number of aromatic nitrogens is 1. The van der Waals surface area contributed by atoms with Crippen LogP contribution in [0.15, 0.2) is 34.9 Å². The number of aldehydes is 1. The molecule has 0 saturated carbocycles. The summed E-state index contributed by atoms with van der Waals surface area (Å²) < 4.78 is 0.768. The number of hydrogen-bond donors (Lipinski definition) is 0. The van der Waals surface area contributed by atoms with E-state index in [4.69, 9.17) is 0 Å². The number of fused-ring (bicyclic) bond motifs is 3. The standard InChI is InChI=1S/C13H6BrNO2/c14-8-4-7(6-16)11-10(5-8)12-9(13(11)17)2-1-3-15-12/h1-6H. The molecular weight excluding hydrogens is 282 g/mol. The Morgan fingerprint density at radius 2 is 2.06 bits per heavy atom. The molecule has 17 heavy (non-hydrogen) atoms. The SMILES string of the molecule is O=Cc1cc(Br)cc2c1C(=O)c1cccnc1-2. The number of benzene rings is 1. The number of carbonyl (C=O) groups is 2. The van der Waals surface area contributed by atoms with Crippen molar-refractivity contribution in [2.45, 2.75) is 0 Å². The van der Waals surface area contributed by atoms with Gasteiger partial charge in [0.1, 0.15) is 0 Å². The van der Waals surface area contributed by atoms with E-state index in [0.29, 0.717) is 28.7 Å². The average Bonchev–Trinajstić information content (AvgIpc) is 2.63. The molecule has 0 fully saturated rings. The van der Waals surface area contributed by atoms with E-state index >= 15 is 0 Å². The lowest BCUT2D eigenvalue weighted by Crippen LogP contribution is -2.00. The van der Waals surface area contributed by atoms with Crippen LogP contribution in [-0.2, 0) is 0 Å². The van der Waals surface area contributed by atoms with E-state index in [1.807, 2.05) is 6.07 Å². The molecule has 2 aromatic rings. The lowest BCUT2D eigenvalue weighted by Gasteiger charge is -2.02. The molecule has 0 radical (unpaired) electrons. The van der Waals surface area contributed by atoms with Gasteiger partial charge in [0.15, 0.2) is 12.1 Å². The number of rotatable bonds is 1. The Hall–Kier alpha value is -1.81. The van der Waals surface area contributed by atoms with Crippen LogP contribution in [0, 0.1) is 0 Å². The minimum atomic E-state index is -0.127. The predicted octanol–water partition coefficient (Wildman–Crippen LogP) is 2.87. The fourth-order valence-corrected chi connectivity index (χ4v) is 2.57. The molecular formula is C13H6BrNO2. The van der Waals surface area contributed by atoms with Crippen molar-refractivity contribution in [1.82, 2.24) is 4.98 Å². The van der Waals surface area contributed by atoms with Gasteiger partial charge in [0.05, 0.1) is 5.69 Å². The van der Waals surface area contributed by atoms with Gasteiger partial charge in [0.2, 0.25) is 0 Å². The first-order valence-electron chi connectivity index (χ1n) is 5.01. The second-order valence-corrected chi connectivity index (χ2v) is 4.68. The van der Waals surface area contributed by atoms with Crippen molar-refractivity contribution in [2.24, 2.45) is 0 Å². The summed E-state index contributed by atoms with van der Waals surface area (Å²) in [5, 5.41) is 0. The van der Waals surface area contributed by atoms with Crippen LogP contribution in [0.25, 0.3) is 11.3 Å². The van der Waals surface area contributed by atoms with E-state index in [-0.39, 0.29) is 5.78 Å². The third kappa shape index (κ3) is 1.37. The number of ketones is 1. The molecule has 0 N–H and O–H groups in total. The Morgan fingerprint density at radius 3 is 2.82 bits per heavy atom. The molecule has 0 spiro atoms. The minimum absolute atomic E-state index is 0.127. The van der Waals surface area contributed by atoms with Crippen LogP contribution in [0.4, 0.5) is 0 Å². The molecule has 0 amide bonds. The zero-order chi connectivity index (χ0) is 12.0. The van der Waals surface area contributed by atoms with Gasteiger partial charge in [-0.1, -0.05) is 15.9 Å². The molecule has 4 heteroatoms. The summed E-state index contributed by atoms with van der Waals surface area (Å²) in [5.41, 5.74) is 2.79. The highest BCUT2D eigenvalue weighted by Gasteiger charge is 2.30. The van der Waals surface area contributed by atoms with Gasteiger partial charge in [-0.05, 0) is 24.3 Å². The summed E-state index contributed by atoms with van der Waals surface area (Å²) in [4.78, 5) is 27.4. The van der Waals surface area contributed by atoms with E-state index in [0.717, 1.165) is 10.0 Å². The largest absolute Gasteiger partial charge is 0.298 e. The van der Waals surface area contributed by atoms with Crippen molar-refractivity contribution < 1.29 is 9.59 Å². The number of hydrogen-bond acceptors (Lipinski definition) is 3. The highest BCUT2D eigenvalue weighted by molar-refractivity contribution is 9.10. The lowest BCUT2D eigenvalue weighted by atomic mass is 10.0. The monoisotopic (exact) mass is 287 g/mol. The number of nitrogens with zero attached hydrogens (tertiary/aromatic N) is 1. The molecule has 0 saturated heterocycles. The highest BCUT2D eigenvalue weighted by atomic mass is 79.9. The van der Waals surface area contributed by atoms with Gasteiger partial charge in [-0.2, -0.15) is 0 Å². The second-order valence-electron chi connectivity index (χ2n) is 3.76. The maximum absolute atomic E-state index is 12.2. The van der Waals surface area contributed by atoms with E-state index in [1.54, 1.807) is 24.4 Å². The Balaban J connectivity index is 2.42. The average molecular weight is 288 g/mol. The second kappa shape index (κ2) is 3.60. The Labute approximate surface area is 106 Å². The van der Waals surface area contributed by atoms with Crippen molar-refractivity contribution >= 4 is 28.0 Å². The fraction of sp³-hybridized carbons (Fsp3) is 0. The fourth-order valence-electron chi connectivity index (χ4n) is 2.10. The summed E-state index contributed by atoms with van der Waals surface area (Å²) in [6.45, 7) is 0. The maximum atomic E-state index is 12.2. The van der Waals surface area contributed by atoms with Gasteiger partial charge in [-0.15, -0.1) is 0 Å². The maximum Gasteiger partial charge on any atom is 0.196 e. The first kappa shape index (κ1) is 10.4. The van der Waals surface area contributed by atoms with Crippen LogP contribution in [0.3, 0.4) is 0 Å². The molecule has 1 heterocycles. The van der Waals surface area contributed by atoms with E-state index in [9.17, 15) is 9.59 Å². The topological polar surface area (TPSA) is 47.0 Å². The third-order valence-electron chi connectivity index (χ3n) is 2.80. The summed E-state index contributed by atoms with van der Waals surface area (Å²) in [6, 6.07) is 6.92. The summed E-state index contributed by atoms with van der Waals surface area (Å²) in [5.74, 6) is -0.127. The molecule has 3 rings (SSSR count). The predicted molar refractivity (Wildman–Crippen MR) is 66.2 cm³/mol. The van der Waals surface area contributed by atoms with Gasteiger partial charge in [-0.3, -0.25) is 14.6 Å². The smallest absolute Gasteiger partial charge is 0.196 e. The van der Waals surface area contributed by atoms with Crippen LogP contribution in [0.5, 0.6) is 0 Å². The zero-order valence-electron chi connectivity index (χ0n) is 8.61. The van der Waals surface area contributed by atoms with Gasteiger partial charge in [0.25, 0.3) is 0 Å². The van der Waals surface area contributed by atoms with Crippen LogP contribution >= 0.6 is 15.9 Å². The van der Waals surface area contributed by atoms with Crippen LogP contribution in [-0.4, -0.2) is 17.1 Å². The Kier molecular flexibility index (Phi) is 2.19. The van der Waals surface area contributed by atoms with Gasteiger partial charge < -0.3 is 0 Å². The Morgan fingerprint density at radius 1 is 1.24 bits per heavy atom. The van der Waals surface area contributed by atoms with Gasteiger partial charge in [0, 0.05) is 32.9 Å². The lowest BCUT2D eigenvalue weighted by molar-refractivity contribution is 0.103. The molecule has 82 valence electrons. The van der Waals surface area contributed by atoms with Crippen molar-refractivity contribution in [3.63, 3.8) is 0 Å². The number of halogens is 1. The van der Waals surface area contributed by atoms with E-state index < -0.39 is 0 Å². The van der Waals surface area contributed by atoms with Gasteiger partial charge >= 0.3 is 0 Å². The van der Waals surface area contributed by atoms with Crippen molar-refractivity contribution in [3.8, 4) is 11.3 Å². The van der Waals surface area contributed by atoms with Crippen LogP contribution in [0.2, 0.25) is 0 Å². The van der Waals surface area contributed by atoms with Crippen LogP contribution in [0.1, 0.15) is 26.3 Å².